The van der Waals surface area contributed by atoms with Gasteiger partial charge in [-0.05, 0) is 48.9 Å². The van der Waals surface area contributed by atoms with Crippen LogP contribution in [0.3, 0.4) is 0 Å². The highest BCUT2D eigenvalue weighted by molar-refractivity contribution is 6.30. The van der Waals surface area contributed by atoms with Gasteiger partial charge in [-0.1, -0.05) is 29.8 Å². The van der Waals surface area contributed by atoms with Crippen molar-refractivity contribution in [1.29, 1.82) is 0 Å². The lowest BCUT2D eigenvalue weighted by molar-refractivity contribution is -0.139. The molecule has 2 aromatic rings. The van der Waals surface area contributed by atoms with Crippen LogP contribution in [0.15, 0.2) is 72.5 Å². The lowest BCUT2D eigenvalue weighted by Crippen LogP contribution is -2.53. The Balaban J connectivity index is 1.59. The van der Waals surface area contributed by atoms with Crippen LogP contribution in [-0.2, 0) is 9.53 Å². The molecule has 39 heavy (non-hydrogen) atoms. The zero-order valence-corrected chi connectivity index (χ0v) is 22.9. The maximum Gasteiger partial charge on any atom is 0.338 e. The number of hydrogen-bond acceptors (Lipinski definition) is 6. The summed E-state index contributed by atoms with van der Waals surface area (Å²) < 4.78 is 10.6. The maximum atomic E-state index is 13.3. The van der Waals surface area contributed by atoms with E-state index >= 15 is 0 Å². The minimum atomic E-state index is -0.692. The van der Waals surface area contributed by atoms with Crippen molar-refractivity contribution >= 4 is 29.5 Å². The number of amides is 3. The highest BCUT2D eigenvalue weighted by atomic mass is 35.5. The van der Waals surface area contributed by atoms with Gasteiger partial charge in [-0.2, -0.15) is 0 Å². The highest BCUT2D eigenvalue weighted by Crippen LogP contribution is 2.33. The first-order valence-corrected chi connectivity index (χ1v) is 13.2. The Morgan fingerprint density at radius 1 is 1.08 bits per heavy atom. The van der Waals surface area contributed by atoms with Crippen LogP contribution in [-0.4, -0.2) is 85.6 Å². The molecular formula is C29H33ClN4O5. The van der Waals surface area contributed by atoms with Crippen molar-refractivity contribution in [3.63, 3.8) is 0 Å². The van der Waals surface area contributed by atoms with E-state index in [0.717, 1.165) is 5.56 Å². The zero-order valence-electron chi connectivity index (χ0n) is 22.2. The Morgan fingerprint density at radius 2 is 1.74 bits per heavy atom. The molecule has 0 aromatic heterocycles. The number of ether oxygens (including phenoxy) is 2. The summed E-state index contributed by atoms with van der Waals surface area (Å²) in [6.45, 7) is 8.50. The first kappa shape index (κ1) is 28.2. The average molecular weight is 553 g/mol. The van der Waals surface area contributed by atoms with Crippen molar-refractivity contribution in [3.8, 4) is 5.75 Å². The van der Waals surface area contributed by atoms with Crippen LogP contribution in [0.25, 0.3) is 0 Å². The summed E-state index contributed by atoms with van der Waals surface area (Å²) >= 11 is 6.09. The molecule has 2 aromatic carbocycles. The van der Waals surface area contributed by atoms with Gasteiger partial charge in [-0.15, -0.1) is 6.58 Å². The summed E-state index contributed by atoms with van der Waals surface area (Å²) in [5, 5.41) is 3.50. The third-order valence-electron chi connectivity index (χ3n) is 6.82. The number of benzene rings is 2. The van der Waals surface area contributed by atoms with Gasteiger partial charge >= 0.3 is 12.0 Å². The Morgan fingerprint density at radius 3 is 2.33 bits per heavy atom. The van der Waals surface area contributed by atoms with E-state index in [2.05, 4.69) is 16.8 Å². The van der Waals surface area contributed by atoms with Gasteiger partial charge in [0.2, 0.25) is 0 Å². The molecule has 0 bridgehead atoms. The number of carbonyl (C=O) groups excluding carboxylic acids is 3. The minimum absolute atomic E-state index is 0.0446. The van der Waals surface area contributed by atoms with Gasteiger partial charge in [0.15, 0.2) is 0 Å². The molecule has 0 saturated carbocycles. The van der Waals surface area contributed by atoms with Crippen molar-refractivity contribution in [2.45, 2.75) is 13.0 Å². The van der Waals surface area contributed by atoms with Crippen molar-refractivity contribution < 1.29 is 23.9 Å². The van der Waals surface area contributed by atoms with Crippen LogP contribution in [0.5, 0.6) is 5.75 Å². The molecule has 2 aliphatic heterocycles. The molecule has 1 unspecified atom stereocenters. The van der Waals surface area contributed by atoms with Crippen LogP contribution < -0.4 is 10.1 Å². The molecule has 1 saturated heterocycles. The molecule has 2 aliphatic rings. The fraction of sp³-hybridized carbons (Fsp3) is 0.345. The predicted octanol–water partition coefficient (Wildman–Crippen LogP) is 3.88. The van der Waals surface area contributed by atoms with Crippen LogP contribution in [0.4, 0.5) is 4.79 Å². The van der Waals surface area contributed by atoms with Crippen LogP contribution in [0, 0.1) is 0 Å². The van der Waals surface area contributed by atoms with E-state index in [1.165, 1.54) is 4.90 Å². The fourth-order valence-corrected chi connectivity index (χ4v) is 4.91. The summed E-state index contributed by atoms with van der Waals surface area (Å²) in [6.07, 6.45) is 1.62. The van der Waals surface area contributed by atoms with E-state index in [1.807, 2.05) is 4.90 Å². The van der Waals surface area contributed by atoms with Crippen LogP contribution >= 0.6 is 11.6 Å². The Labute approximate surface area is 233 Å². The van der Waals surface area contributed by atoms with Crippen molar-refractivity contribution in [2.75, 3.05) is 53.0 Å². The second kappa shape index (κ2) is 12.8. The monoisotopic (exact) mass is 552 g/mol. The van der Waals surface area contributed by atoms with Crippen LogP contribution in [0.2, 0.25) is 5.02 Å². The minimum Gasteiger partial charge on any atom is -0.497 e. The SMILES string of the molecule is C=CCN1C(=O)NC(c2ccc(Cl)cc2)C(C(=O)OCC)=C1CN1CCN(C(=O)c2ccc(OC)cc2)CC1. The first-order chi connectivity index (χ1) is 18.9. The van der Waals surface area contributed by atoms with Gasteiger partial charge in [0.1, 0.15) is 5.75 Å². The number of methoxy groups -OCH3 is 1. The predicted molar refractivity (Wildman–Crippen MR) is 149 cm³/mol. The van der Waals surface area contributed by atoms with E-state index in [-0.39, 0.29) is 25.1 Å². The number of urea groups is 1. The Hall–Kier alpha value is -3.82. The number of nitrogens with zero attached hydrogens (tertiary/aromatic N) is 3. The number of nitrogens with one attached hydrogen (secondary N) is 1. The number of halogens is 1. The van der Waals surface area contributed by atoms with Crippen molar-refractivity contribution in [2.24, 2.45) is 0 Å². The molecule has 2 heterocycles. The Kier molecular flexibility index (Phi) is 9.27. The summed E-state index contributed by atoms with van der Waals surface area (Å²) in [5.74, 6) is 0.159. The third kappa shape index (κ3) is 6.43. The third-order valence-corrected chi connectivity index (χ3v) is 7.07. The molecule has 1 atom stereocenters. The lowest BCUT2D eigenvalue weighted by atomic mass is 9.94. The van der Waals surface area contributed by atoms with Gasteiger partial charge in [0, 0.05) is 55.6 Å². The largest absolute Gasteiger partial charge is 0.497 e. The highest BCUT2D eigenvalue weighted by Gasteiger charge is 2.38. The second-order valence-corrected chi connectivity index (χ2v) is 9.65. The summed E-state index contributed by atoms with van der Waals surface area (Å²) in [7, 11) is 1.59. The van der Waals surface area contributed by atoms with E-state index in [9.17, 15) is 14.4 Å². The van der Waals surface area contributed by atoms with Gasteiger partial charge in [-0.3, -0.25) is 14.6 Å². The van der Waals surface area contributed by atoms with E-state index < -0.39 is 12.0 Å². The number of carbonyl (C=O) groups is 3. The Bertz CT molecular complexity index is 1240. The molecule has 0 radical (unpaired) electrons. The molecule has 9 nitrogen and oxygen atoms in total. The van der Waals surface area contributed by atoms with Crippen molar-refractivity contribution in [3.05, 3.63) is 88.6 Å². The molecule has 4 rings (SSSR count). The molecule has 1 N–H and O–H groups in total. The lowest BCUT2D eigenvalue weighted by Gasteiger charge is -2.40. The van der Waals surface area contributed by atoms with E-state index in [1.54, 1.807) is 68.6 Å². The summed E-state index contributed by atoms with van der Waals surface area (Å²) in [4.78, 5) is 45.0. The smallest absolute Gasteiger partial charge is 0.338 e. The number of esters is 1. The quantitative estimate of drug-likeness (QED) is 0.375. The number of hydrogen-bond donors (Lipinski definition) is 1. The molecule has 1 fully saturated rings. The topological polar surface area (TPSA) is 91.4 Å². The van der Waals surface area contributed by atoms with Gasteiger partial charge in [0.25, 0.3) is 5.91 Å². The fourth-order valence-electron chi connectivity index (χ4n) is 4.79. The maximum absolute atomic E-state index is 13.3. The van der Waals surface area contributed by atoms with Crippen molar-refractivity contribution in [1.82, 2.24) is 20.0 Å². The first-order valence-electron chi connectivity index (χ1n) is 12.9. The number of rotatable bonds is 9. The molecule has 206 valence electrons. The van der Waals surface area contributed by atoms with Gasteiger partial charge < -0.3 is 19.7 Å². The summed E-state index contributed by atoms with van der Waals surface area (Å²) in [6, 6.07) is 13.1. The standard InChI is InChI=1S/C29H33ClN4O5/c1-4-14-34-24(19-32-15-17-33(18-16-32)27(35)21-8-12-23(38-3)13-9-21)25(28(36)39-5-2)26(31-29(34)37)20-6-10-22(30)11-7-20/h4,6-13,26H,1,5,14-19H2,2-3H3,(H,31,37). The van der Waals surface area contributed by atoms with Crippen LogP contribution in [0.1, 0.15) is 28.9 Å². The van der Waals surface area contributed by atoms with Gasteiger partial charge in [0.05, 0.1) is 25.3 Å². The molecule has 0 spiro atoms. The molecular weight excluding hydrogens is 520 g/mol. The molecule has 0 aliphatic carbocycles. The zero-order chi connectivity index (χ0) is 27.9. The normalized spacial score (nSPS) is 18.0. The molecule has 3 amide bonds. The van der Waals surface area contributed by atoms with E-state index in [0.29, 0.717) is 60.3 Å². The molecule has 10 heteroatoms. The van der Waals surface area contributed by atoms with E-state index in [4.69, 9.17) is 21.1 Å². The van der Waals surface area contributed by atoms with Gasteiger partial charge in [-0.25, -0.2) is 9.59 Å². The number of piperazine rings is 1. The average Bonchev–Trinajstić information content (AvgIpc) is 2.95. The second-order valence-electron chi connectivity index (χ2n) is 9.21. The summed E-state index contributed by atoms with van der Waals surface area (Å²) in [5.41, 5.74) is 2.26.